The lowest BCUT2D eigenvalue weighted by molar-refractivity contribution is 0.578. The van der Waals surface area contributed by atoms with Gasteiger partial charge in [0.1, 0.15) is 0 Å². The van der Waals surface area contributed by atoms with Gasteiger partial charge in [-0.3, -0.25) is 5.43 Å². The molecule has 1 aromatic heterocycles. The number of rotatable bonds is 2. The number of anilines is 2. The van der Waals surface area contributed by atoms with Crippen LogP contribution in [0.2, 0.25) is 0 Å². The van der Waals surface area contributed by atoms with Crippen molar-refractivity contribution >= 4 is 46.7 Å². The minimum Gasteiger partial charge on any atom is -0.338 e. The number of halogens is 3. The summed E-state index contributed by atoms with van der Waals surface area (Å²) in [6.07, 6.45) is 0. The number of hydrogen-bond acceptors (Lipinski definition) is 7. The molecule has 1 aliphatic rings. The van der Waals surface area contributed by atoms with Crippen LogP contribution in [-0.4, -0.2) is 41.1 Å². The molecule has 0 aromatic carbocycles. The number of nitrogens with two attached hydrogens (primary N) is 1. The van der Waals surface area contributed by atoms with Crippen molar-refractivity contribution in [3.05, 3.63) is 5.82 Å². The third-order valence-corrected chi connectivity index (χ3v) is 2.91. The largest absolute Gasteiger partial charge is 0.338 e. The van der Waals surface area contributed by atoms with Gasteiger partial charge in [0.05, 0.1) is 0 Å². The molecule has 0 bridgehead atoms. The van der Waals surface area contributed by atoms with Crippen LogP contribution in [0.3, 0.4) is 0 Å². The first-order chi connectivity index (χ1) is 8.50. The average molecular weight is 313 g/mol. The maximum atomic E-state index is 5.78. The lowest BCUT2D eigenvalue weighted by Crippen LogP contribution is -2.44. The fourth-order valence-corrected chi connectivity index (χ4v) is 1.82. The molecular formula is C8H12Cl3N7. The molecule has 2 rings (SSSR count). The summed E-state index contributed by atoms with van der Waals surface area (Å²) in [4.78, 5) is 14.2. The van der Waals surface area contributed by atoms with Gasteiger partial charge in [0.15, 0.2) is 5.82 Å². The van der Waals surface area contributed by atoms with E-state index in [2.05, 4.69) is 25.7 Å². The molecule has 0 aliphatic carbocycles. The average Bonchev–Trinajstić information content (AvgIpc) is 2.38. The van der Waals surface area contributed by atoms with E-state index in [9.17, 15) is 0 Å². The number of hydrazine groups is 1. The Morgan fingerprint density at radius 2 is 1.83 bits per heavy atom. The molecule has 1 fully saturated rings. The fraction of sp³-hybridized carbons (Fsp3) is 0.625. The number of alkyl halides is 3. The van der Waals surface area contributed by atoms with Crippen LogP contribution >= 0.6 is 34.8 Å². The van der Waals surface area contributed by atoms with E-state index in [0.29, 0.717) is 5.95 Å². The van der Waals surface area contributed by atoms with E-state index < -0.39 is 3.79 Å². The molecular weight excluding hydrogens is 300 g/mol. The van der Waals surface area contributed by atoms with Crippen LogP contribution in [0.4, 0.5) is 11.9 Å². The second-order valence-electron chi connectivity index (χ2n) is 3.66. The first-order valence-corrected chi connectivity index (χ1v) is 6.39. The third kappa shape index (κ3) is 3.24. The topological polar surface area (TPSA) is 92.0 Å². The zero-order chi connectivity index (χ0) is 13.2. The molecule has 1 saturated heterocycles. The van der Waals surface area contributed by atoms with Gasteiger partial charge in [0, 0.05) is 26.2 Å². The van der Waals surface area contributed by atoms with Crippen molar-refractivity contribution in [2.24, 2.45) is 5.84 Å². The maximum absolute atomic E-state index is 5.78. The van der Waals surface area contributed by atoms with Crippen molar-refractivity contribution in [2.75, 3.05) is 36.5 Å². The second kappa shape index (κ2) is 5.58. The van der Waals surface area contributed by atoms with Crippen LogP contribution in [0.5, 0.6) is 0 Å². The van der Waals surface area contributed by atoms with Gasteiger partial charge in [-0.05, 0) is 0 Å². The summed E-state index contributed by atoms with van der Waals surface area (Å²) in [5.74, 6) is 5.95. The molecule has 100 valence electrons. The molecule has 1 aromatic rings. The van der Waals surface area contributed by atoms with Gasteiger partial charge in [-0.15, -0.1) is 0 Å². The van der Waals surface area contributed by atoms with Gasteiger partial charge in [0.25, 0.3) is 0 Å². The Kier molecular flexibility index (Phi) is 4.29. The van der Waals surface area contributed by atoms with Crippen LogP contribution in [-0.2, 0) is 3.79 Å². The van der Waals surface area contributed by atoms with Crippen LogP contribution in [0.15, 0.2) is 0 Å². The van der Waals surface area contributed by atoms with Crippen molar-refractivity contribution in [3.63, 3.8) is 0 Å². The van der Waals surface area contributed by atoms with Crippen molar-refractivity contribution in [2.45, 2.75) is 3.79 Å². The highest BCUT2D eigenvalue weighted by molar-refractivity contribution is 6.66. The molecule has 10 heteroatoms. The highest BCUT2D eigenvalue weighted by atomic mass is 35.6. The van der Waals surface area contributed by atoms with Gasteiger partial charge < -0.3 is 10.2 Å². The van der Waals surface area contributed by atoms with Crippen LogP contribution in [0.25, 0.3) is 0 Å². The fourth-order valence-electron chi connectivity index (χ4n) is 1.56. The molecule has 0 amide bonds. The number of piperazine rings is 1. The van der Waals surface area contributed by atoms with Gasteiger partial charge >= 0.3 is 0 Å². The second-order valence-corrected chi connectivity index (χ2v) is 5.94. The third-order valence-electron chi connectivity index (χ3n) is 2.41. The number of hydrogen-bond donors (Lipinski definition) is 3. The lowest BCUT2D eigenvalue weighted by Gasteiger charge is -2.28. The Balaban J connectivity index is 2.34. The van der Waals surface area contributed by atoms with Crippen LogP contribution in [0, 0.1) is 0 Å². The normalized spacial score (nSPS) is 16.8. The van der Waals surface area contributed by atoms with Crippen LogP contribution in [0.1, 0.15) is 5.82 Å². The Morgan fingerprint density at radius 1 is 1.17 bits per heavy atom. The zero-order valence-electron chi connectivity index (χ0n) is 9.33. The Hall–Kier alpha value is -0.600. The predicted molar refractivity (Wildman–Crippen MR) is 72.0 cm³/mol. The quantitative estimate of drug-likeness (QED) is 0.413. The predicted octanol–water partition coefficient (Wildman–Crippen LogP) is 0.394. The van der Waals surface area contributed by atoms with E-state index in [-0.39, 0.29) is 11.8 Å². The van der Waals surface area contributed by atoms with E-state index in [1.807, 2.05) is 4.90 Å². The Bertz CT molecular complexity index is 416. The molecule has 0 saturated carbocycles. The molecule has 2 heterocycles. The monoisotopic (exact) mass is 311 g/mol. The molecule has 18 heavy (non-hydrogen) atoms. The number of nitrogens with zero attached hydrogens (tertiary/aromatic N) is 4. The smallest absolute Gasteiger partial charge is 0.250 e. The Labute approximate surface area is 119 Å². The number of nitrogens with one attached hydrogen (secondary N) is 2. The van der Waals surface area contributed by atoms with E-state index in [1.54, 1.807) is 0 Å². The molecule has 0 radical (unpaired) electrons. The van der Waals surface area contributed by atoms with E-state index in [0.717, 1.165) is 26.2 Å². The van der Waals surface area contributed by atoms with Crippen molar-refractivity contribution < 1.29 is 0 Å². The first-order valence-electron chi connectivity index (χ1n) is 5.26. The van der Waals surface area contributed by atoms with E-state index in [1.165, 1.54) is 0 Å². The molecule has 1 aliphatic heterocycles. The number of aromatic nitrogens is 3. The standard InChI is InChI=1S/C8H12Cl3N7/c9-8(10,11)5-14-6(17-12)16-7(15-5)18-3-1-13-2-4-18/h13H,1-4,12H2,(H,14,15,16,17). The molecule has 4 N–H and O–H groups in total. The zero-order valence-corrected chi connectivity index (χ0v) is 11.6. The number of nitrogen functional groups attached to an aromatic ring is 1. The summed E-state index contributed by atoms with van der Waals surface area (Å²) in [7, 11) is 0. The first kappa shape index (κ1) is 13.8. The molecule has 7 nitrogen and oxygen atoms in total. The maximum Gasteiger partial charge on any atom is 0.250 e. The summed E-state index contributed by atoms with van der Waals surface area (Å²) in [5, 5.41) is 3.23. The summed E-state index contributed by atoms with van der Waals surface area (Å²) < 4.78 is -1.71. The van der Waals surface area contributed by atoms with Gasteiger partial charge in [-0.25, -0.2) is 5.84 Å². The van der Waals surface area contributed by atoms with Gasteiger partial charge in [0.2, 0.25) is 15.7 Å². The van der Waals surface area contributed by atoms with Crippen LogP contribution < -0.4 is 21.5 Å². The van der Waals surface area contributed by atoms with E-state index in [4.69, 9.17) is 40.6 Å². The summed E-state index contributed by atoms with van der Waals surface area (Å²) in [6, 6.07) is 0. The van der Waals surface area contributed by atoms with Crippen molar-refractivity contribution in [3.8, 4) is 0 Å². The highest BCUT2D eigenvalue weighted by Crippen LogP contribution is 2.36. The lowest BCUT2D eigenvalue weighted by atomic mass is 10.4. The summed E-state index contributed by atoms with van der Waals surface area (Å²) >= 11 is 17.3. The highest BCUT2D eigenvalue weighted by Gasteiger charge is 2.29. The van der Waals surface area contributed by atoms with Crippen molar-refractivity contribution in [1.29, 1.82) is 0 Å². The summed E-state index contributed by atoms with van der Waals surface area (Å²) in [5.41, 5.74) is 2.34. The molecule has 0 atom stereocenters. The van der Waals surface area contributed by atoms with Crippen molar-refractivity contribution in [1.82, 2.24) is 20.3 Å². The minimum absolute atomic E-state index is 0.0454. The van der Waals surface area contributed by atoms with E-state index >= 15 is 0 Å². The molecule has 0 spiro atoms. The SMILES string of the molecule is NNc1nc(N2CCNCC2)nc(C(Cl)(Cl)Cl)n1. The van der Waals surface area contributed by atoms with Gasteiger partial charge in [-0.1, -0.05) is 34.8 Å². The van der Waals surface area contributed by atoms with Gasteiger partial charge in [-0.2, -0.15) is 15.0 Å². The summed E-state index contributed by atoms with van der Waals surface area (Å²) in [6.45, 7) is 3.24. The molecule has 0 unspecified atom stereocenters. The minimum atomic E-state index is -1.71. The Morgan fingerprint density at radius 3 is 2.39 bits per heavy atom.